The van der Waals surface area contributed by atoms with E-state index in [-0.39, 0.29) is 0 Å². The Morgan fingerprint density at radius 3 is 2.71 bits per heavy atom. The standard InChI is InChI=1S/C10H9ClFNO/c11-8-3-1-7(2-4-8)10-5-9(6-12)14-13-10/h1-4,9H,5-6H2. The van der Waals surface area contributed by atoms with Gasteiger partial charge < -0.3 is 4.84 Å². The molecule has 1 aliphatic rings. The monoisotopic (exact) mass is 213 g/mol. The molecule has 1 heterocycles. The summed E-state index contributed by atoms with van der Waals surface area (Å²) in [7, 11) is 0. The van der Waals surface area contributed by atoms with Crippen molar-refractivity contribution in [1.29, 1.82) is 0 Å². The summed E-state index contributed by atoms with van der Waals surface area (Å²) >= 11 is 5.74. The molecule has 0 aliphatic carbocycles. The highest BCUT2D eigenvalue weighted by Gasteiger charge is 2.21. The van der Waals surface area contributed by atoms with Crippen molar-refractivity contribution < 1.29 is 9.23 Å². The van der Waals surface area contributed by atoms with Crippen LogP contribution in [-0.2, 0) is 4.84 Å². The number of oxime groups is 1. The minimum absolute atomic E-state index is 0.416. The molecule has 0 N–H and O–H groups in total. The van der Waals surface area contributed by atoms with Crippen LogP contribution >= 0.6 is 11.6 Å². The highest BCUT2D eigenvalue weighted by atomic mass is 35.5. The Balaban J connectivity index is 2.13. The molecule has 14 heavy (non-hydrogen) atoms. The van der Waals surface area contributed by atoms with Gasteiger partial charge in [-0.15, -0.1) is 0 Å². The molecular formula is C10H9ClFNO. The van der Waals surface area contributed by atoms with Gasteiger partial charge in [0.05, 0.1) is 5.71 Å². The highest BCUT2D eigenvalue weighted by Crippen LogP contribution is 2.18. The minimum atomic E-state index is -0.499. The molecule has 0 radical (unpaired) electrons. The normalized spacial score (nSPS) is 20.4. The first-order valence-corrected chi connectivity index (χ1v) is 4.72. The molecule has 1 atom stereocenters. The van der Waals surface area contributed by atoms with Crippen molar-refractivity contribution in [1.82, 2.24) is 0 Å². The molecule has 1 aromatic rings. The van der Waals surface area contributed by atoms with Crippen LogP contribution in [0.1, 0.15) is 12.0 Å². The third-order valence-electron chi connectivity index (χ3n) is 2.08. The Hall–Kier alpha value is -1.09. The number of hydrogen-bond donors (Lipinski definition) is 0. The molecule has 1 unspecified atom stereocenters. The third-order valence-corrected chi connectivity index (χ3v) is 2.33. The van der Waals surface area contributed by atoms with Gasteiger partial charge in [-0.3, -0.25) is 0 Å². The lowest BCUT2D eigenvalue weighted by Crippen LogP contribution is -2.10. The van der Waals surface area contributed by atoms with Crippen LogP contribution in [0.15, 0.2) is 29.4 Å². The number of nitrogens with zero attached hydrogens (tertiary/aromatic N) is 1. The van der Waals surface area contributed by atoms with Gasteiger partial charge in [-0.1, -0.05) is 28.9 Å². The van der Waals surface area contributed by atoms with Crippen LogP contribution in [0.4, 0.5) is 4.39 Å². The second-order valence-electron chi connectivity index (χ2n) is 3.13. The lowest BCUT2D eigenvalue weighted by Gasteiger charge is -2.00. The van der Waals surface area contributed by atoms with Crippen LogP contribution in [0, 0.1) is 0 Å². The number of benzene rings is 1. The van der Waals surface area contributed by atoms with Gasteiger partial charge in [-0.05, 0) is 17.7 Å². The summed E-state index contributed by atoms with van der Waals surface area (Å²) in [5, 5.41) is 4.50. The third kappa shape index (κ3) is 1.87. The second kappa shape index (κ2) is 3.96. The summed E-state index contributed by atoms with van der Waals surface area (Å²) in [6, 6.07) is 7.26. The fourth-order valence-electron chi connectivity index (χ4n) is 1.32. The first-order valence-electron chi connectivity index (χ1n) is 4.34. The minimum Gasteiger partial charge on any atom is -0.389 e. The molecule has 2 rings (SSSR count). The molecule has 0 aromatic heterocycles. The SMILES string of the molecule is FCC1CC(c2ccc(Cl)cc2)=NO1. The van der Waals surface area contributed by atoms with Crippen LogP contribution in [0.25, 0.3) is 0 Å². The van der Waals surface area contributed by atoms with E-state index in [9.17, 15) is 4.39 Å². The summed E-state index contributed by atoms with van der Waals surface area (Å²) < 4.78 is 12.2. The van der Waals surface area contributed by atoms with Gasteiger partial charge in [-0.2, -0.15) is 0 Å². The zero-order valence-corrected chi connectivity index (χ0v) is 8.17. The highest BCUT2D eigenvalue weighted by molar-refractivity contribution is 6.30. The van der Waals surface area contributed by atoms with E-state index in [1.807, 2.05) is 12.1 Å². The van der Waals surface area contributed by atoms with E-state index in [4.69, 9.17) is 16.4 Å². The molecule has 1 aromatic carbocycles. The van der Waals surface area contributed by atoms with E-state index in [2.05, 4.69) is 5.16 Å². The van der Waals surface area contributed by atoms with E-state index in [1.165, 1.54) is 0 Å². The van der Waals surface area contributed by atoms with Crippen LogP contribution in [0.2, 0.25) is 5.02 Å². The summed E-state index contributed by atoms with van der Waals surface area (Å²) in [5.74, 6) is 0. The van der Waals surface area contributed by atoms with Crippen LogP contribution in [0.3, 0.4) is 0 Å². The van der Waals surface area contributed by atoms with Gasteiger partial charge in [0.1, 0.15) is 6.67 Å². The zero-order valence-electron chi connectivity index (χ0n) is 7.41. The molecule has 0 amide bonds. The lowest BCUT2D eigenvalue weighted by molar-refractivity contribution is 0.0656. The lowest BCUT2D eigenvalue weighted by atomic mass is 10.1. The Bertz CT molecular complexity index is 350. The predicted octanol–water partition coefficient (Wildman–Crippen LogP) is 2.80. The average molecular weight is 214 g/mol. The molecule has 1 aliphatic heterocycles. The van der Waals surface area contributed by atoms with Gasteiger partial charge in [0, 0.05) is 11.4 Å². The van der Waals surface area contributed by atoms with Crippen LogP contribution in [-0.4, -0.2) is 18.5 Å². The fraction of sp³-hybridized carbons (Fsp3) is 0.300. The quantitative estimate of drug-likeness (QED) is 0.740. The largest absolute Gasteiger partial charge is 0.389 e. The van der Waals surface area contributed by atoms with Crippen molar-refractivity contribution in [3.05, 3.63) is 34.9 Å². The summed E-state index contributed by atoms with van der Waals surface area (Å²) in [5.41, 5.74) is 1.72. The smallest absolute Gasteiger partial charge is 0.161 e. The van der Waals surface area contributed by atoms with Gasteiger partial charge in [0.25, 0.3) is 0 Å². The first kappa shape index (κ1) is 9.46. The molecule has 4 heteroatoms. The summed E-state index contributed by atoms with van der Waals surface area (Å²) in [6.07, 6.45) is 0.110. The summed E-state index contributed by atoms with van der Waals surface area (Å²) in [4.78, 5) is 4.88. The van der Waals surface area contributed by atoms with Gasteiger partial charge in [0.2, 0.25) is 0 Å². The van der Waals surface area contributed by atoms with Crippen molar-refractivity contribution in [3.63, 3.8) is 0 Å². The van der Waals surface area contributed by atoms with E-state index < -0.39 is 12.8 Å². The number of hydrogen-bond acceptors (Lipinski definition) is 2. The molecule has 0 saturated heterocycles. The Morgan fingerprint density at radius 1 is 1.43 bits per heavy atom. The number of halogens is 2. The molecule has 0 fully saturated rings. The van der Waals surface area contributed by atoms with Gasteiger partial charge >= 0.3 is 0 Å². The molecule has 0 spiro atoms. The predicted molar refractivity (Wildman–Crippen MR) is 53.5 cm³/mol. The van der Waals surface area contributed by atoms with Crippen molar-refractivity contribution >= 4 is 17.3 Å². The number of alkyl halides is 1. The summed E-state index contributed by atoms with van der Waals surface area (Å²) in [6.45, 7) is -0.499. The average Bonchev–Trinajstić information content (AvgIpc) is 2.67. The van der Waals surface area contributed by atoms with E-state index in [0.29, 0.717) is 11.4 Å². The molecular weight excluding hydrogens is 205 g/mol. The van der Waals surface area contributed by atoms with E-state index >= 15 is 0 Å². The molecule has 74 valence electrons. The van der Waals surface area contributed by atoms with Crippen molar-refractivity contribution in [2.24, 2.45) is 5.16 Å². The van der Waals surface area contributed by atoms with Gasteiger partial charge in [0.15, 0.2) is 6.10 Å². The van der Waals surface area contributed by atoms with Crippen molar-refractivity contribution in [3.8, 4) is 0 Å². The fourth-order valence-corrected chi connectivity index (χ4v) is 1.45. The Labute approximate surface area is 86.3 Å². The van der Waals surface area contributed by atoms with Crippen molar-refractivity contribution in [2.45, 2.75) is 12.5 Å². The molecule has 0 bridgehead atoms. The molecule has 0 saturated carbocycles. The topological polar surface area (TPSA) is 21.6 Å². The zero-order chi connectivity index (χ0) is 9.97. The second-order valence-corrected chi connectivity index (χ2v) is 3.57. The maximum Gasteiger partial charge on any atom is 0.161 e. The maximum atomic E-state index is 12.2. The molecule has 2 nitrogen and oxygen atoms in total. The Morgan fingerprint density at radius 2 is 2.14 bits per heavy atom. The van der Waals surface area contributed by atoms with Crippen LogP contribution < -0.4 is 0 Å². The van der Waals surface area contributed by atoms with Crippen LogP contribution in [0.5, 0.6) is 0 Å². The van der Waals surface area contributed by atoms with E-state index in [0.717, 1.165) is 11.3 Å². The number of rotatable bonds is 2. The van der Waals surface area contributed by atoms with Gasteiger partial charge in [-0.25, -0.2) is 4.39 Å². The van der Waals surface area contributed by atoms with E-state index in [1.54, 1.807) is 12.1 Å². The first-order chi connectivity index (χ1) is 6.79. The Kier molecular flexibility index (Phi) is 2.68. The maximum absolute atomic E-state index is 12.2. The van der Waals surface area contributed by atoms with Crippen molar-refractivity contribution in [2.75, 3.05) is 6.67 Å².